The quantitative estimate of drug-likeness (QED) is 0.580. The molecular weight excluding hydrogens is 218 g/mol. The SMILES string of the molecule is COc1c(C=O)ccc(CCCCN)c1OC. The molecule has 0 bridgehead atoms. The average molecular weight is 237 g/mol. The fourth-order valence-corrected chi connectivity index (χ4v) is 1.80. The Bertz CT molecular complexity index is 377. The second kappa shape index (κ2) is 6.91. The molecule has 0 aliphatic heterocycles. The first-order chi connectivity index (χ1) is 8.28. The van der Waals surface area contributed by atoms with Crippen molar-refractivity contribution in [1.82, 2.24) is 0 Å². The molecule has 4 heteroatoms. The molecule has 0 saturated heterocycles. The van der Waals surface area contributed by atoms with E-state index >= 15 is 0 Å². The predicted molar refractivity (Wildman–Crippen MR) is 66.9 cm³/mol. The highest BCUT2D eigenvalue weighted by Gasteiger charge is 2.14. The average Bonchev–Trinajstić information content (AvgIpc) is 2.38. The third-order valence-electron chi connectivity index (χ3n) is 2.66. The molecule has 1 rings (SSSR count). The highest BCUT2D eigenvalue weighted by atomic mass is 16.5. The summed E-state index contributed by atoms with van der Waals surface area (Å²) in [6, 6.07) is 3.66. The minimum absolute atomic E-state index is 0.506. The van der Waals surface area contributed by atoms with E-state index < -0.39 is 0 Å². The lowest BCUT2D eigenvalue weighted by molar-refractivity contribution is 0.112. The van der Waals surface area contributed by atoms with E-state index in [-0.39, 0.29) is 0 Å². The first-order valence-electron chi connectivity index (χ1n) is 5.67. The van der Waals surface area contributed by atoms with Crippen molar-refractivity contribution in [3.63, 3.8) is 0 Å². The predicted octanol–water partition coefficient (Wildman–Crippen LogP) is 1.80. The number of hydrogen-bond donors (Lipinski definition) is 1. The van der Waals surface area contributed by atoms with Gasteiger partial charge in [-0.15, -0.1) is 0 Å². The molecule has 0 amide bonds. The van der Waals surface area contributed by atoms with Crippen molar-refractivity contribution in [2.75, 3.05) is 20.8 Å². The van der Waals surface area contributed by atoms with Gasteiger partial charge in [0.15, 0.2) is 17.8 Å². The van der Waals surface area contributed by atoms with E-state index in [2.05, 4.69) is 0 Å². The summed E-state index contributed by atoms with van der Waals surface area (Å²) in [6.07, 6.45) is 3.61. The number of unbranched alkanes of at least 4 members (excludes halogenated alkanes) is 1. The summed E-state index contributed by atoms with van der Waals surface area (Å²) in [4.78, 5) is 10.9. The zero-order chi connectivity index (χ0) is 12.7. The molecule has 17 heavy (non-hydrogen) atoms. The maximum Gasteiger partial charge on any atom is 0.171 e. The van der Waals surface area contributed by atoms with Crippen molar-refractivity contribution in [2.24, 2.45) is 5.73 Å². The van der Waals surface area contributed by atoms with Crippen molar-refractivity contribution in [1.29, 1.82) is 0 Å². The van der Waals surface area contributed by atoms with Crippen LogP contribution in [0.15, 0.2) is 12.1 Å². The van der Waals surface area contributed by atoms with E-state index in [1.54, 1.807) is 13.2 Å². The summed E-state index contributed by atoms with van der Waals surface area (Å²) < 4.78 is 10.5. The lowest BCUT2D eigenvalue weighted by atomic mass is 10.0. The number of aldehydes is 1. The van der Waals surface area contributed by atoms with Crippen LogP contribution in [0, 0.1) is 0 Å². The summed E-state index contributed by atoms with van der Waals surface area (Å²) in [5.41, 5.74) is 7.01. The Morgan fingerprint density at radius 3 is 2.41 bits per heavy atom. The molecule has 94 valence electrons. The number of rotatable bonds is 7. The van der Waals surface area contributed by atoms with Crippen LogP contribution in [0.3, 0.4) is 0 Å². The first-order valence-corrected chi connectivity index (χ1v) is 5.67. The maximum atomic E-state index is 10.9. The molecule has 0 radical (unpaired) electrons. The smallest absolute Gasteiger partial charge is 0.171 e. The normalized spacial score (nSPS) is 10.1. The van der Waals surface area contributed by atoms with Crippen LogP contribution in [-0.2, 0) is 6.42 Å². The van der Waals surface area contributed by atoms with Crippen LogP contribution in [0.2, 0.25) is 0 Å². The minimum Gasteiger partial charge on any atom is -0.493 e. The topological polar surface area (TPSA) is 61.5 Å². The molecule has 0 atom stereocenters. The zero-order valence-electron chi connectivity index (χ0n) is 10.4. The lowest BCUT2D eigenvalue weighted by Gasteiger charge is -2.14. The number of hydrogen-bond acceptors (Lipinski definition) is 4. The van der Waals surface area contributed by atoms with Crippen LogP contribution < -0.4 is 15.2 Å². The van der Waals surface area contributed by atoms with Gasteiger partial charge in [0.05, 0.1) is 19.8 Å². The number of aryl methyl sites for hydroxylation is 1. The summed E-state index contributed by atoms with van der Waals surface area (Å²) >= 11 is 0. The second-order valence-corrected chi connectivity index (χ2v) is 3.74. The van der Waals surface area contributed by atoms with Gasteiger partial charge in [-0.05, 0) is 37.4 Å². The summed E-state index contributed by atoms with van der Waals surface area (Å²) in [5, 5.41) is 0. The summed E-state index contributed by atoms with van der Waals surface area (Å²) in [5.74, 6) is 1.15. The Kier molecular flexibility index (Phi) is 5.49. The van der Waals surface area contributed by atoms with Crippen molar-refractivity contribution in [3.05, 3.63) is 23.3 Å². The van der Waals surface area contributed by atoms with Crippen molar-refractivity contribution < 1.29 is 14.3 Å². The molecule has 0 heterocycles. The van der Waals surface area contributed by atoms with Gasteiger partial charge in [-0.3, -0.25) is 4.79 Å². The fraction of sp³-hybridized carbons (Fsp3) is 0.462. The Hall–Kier alpha value is -1.55. The Labute approximate surface area is 102 Å². The van der Waals surface area contributed by atoms with E-state index in [1.807, 2.05) is 6.07 Å². The van der Waals surface area contributed by atoms with Crippen LogP contribution in [0.4, 0.5) is 0 Å². The standard InChI is InChI=1S/C13H19NO3/c1-16-12-10(5-3-4-8-14)6-7-11(9-15)13(12)17-2/h6-7,9H,3-5,8,14H2,1-2H3. The molecular formula is C13H19NO3. The van der Waals surface area contributed by atoms with Gasteiger partial charge in [-0.25, -0.2) is 0 Å². The van der Waals surface area contributed by atoms with Gasteiger partial charge >= 0.3 is 0 Å². The fourth-order valence-electron chi connectivity index (χ4n) is 1.80. The third-order valence-corrected chi connectivity index (χ3v) is 2.66. The Morgan fingerprint density at radius 2 is 1.88 bits per heavy atom. The highest BCUT2D eigenvalue weighted by molar-refractivity contribution is 5.81. The van der Waals surface area contributed by atoms with E-state index in [9.17, 15) is 4.79 Å². The van der Waals surface area contributed by atoms with Gasteiger partial charge in [-0.2, -0.15) is 0 Å². The van der Waals surface area contributed by atoms with Gasteiger partial charge in [0, 0.05) is 0 Å². The van der Waals surface area contributed by atoms with E-state index in [1.165, 1.54) is 7.11 Å². The molecule has 0 unspecified atom stereocenters. The summed E-state index contributed by atoms with van der Waals surface area (Å²) in [7, 11) is 3.12. The van der Waals surface area contributed by atoms with Crippen molar-refractivity contribution in [2.45, 2.75) is 19.3 Å². The number of carbonyl (C=O) groups excluding carboxylic acids is 1. The number of nitrogens with two attached hydrogens (primary N) is 1. The highest BCUT2D eigenvalue weighted by Crippen LogP contribution is 2.34. The minimum atomic E-state index is 0.506. The Balaban J connectivity index is 3.01. The van der Waals surface area contributed by atoms with Crippen LogP contribution >= 0.6 is 0 Å². The van der Waals surface area contributed by atoms with Gasteiger partial charge in [0.2, 0.25) is 0 Å². The van der Waals surface area contributed by atoms with Gasteiger partial charge < -0.3 is 15.2 Å². The molecule has 2 N–H and O–H groups in total. The van der Waals surface area contributed by atoms with E-state index in [4.69, 9.17) is 15.2 Å². The molecule has 1 aromatic rings. The molecule has 0 aliphatic carbocycles. The number of benzene rings is 1. The van der Waals surface area contributed by atoms with Gasteiger partial charge in [0.1, 0.15) is 0 Å². The third kappa shape index (κ3) is 3.20. The molecule has 0 aromatic heterocycles. The van der Waals surface area contributed by atoms with Crippen LogP contribution in [0.5, 0.6) is 11.5 Å². The van der Waals surface area contributed by atoms with Gasteiger partial charge in [0.25, 0.3) is 0 Å². The molecule has 1 aromatic carbocycles. The maximum absolute atomic E-state index is 10.9. The first kappa shape index (κ1) is 13.5. The van der Waals surface area contributed by atoms with Crippen LogP contribution in [-0.4, -0.2) is 27.1 Å². The molecule has 0 fully saturated rings. The second-order valence-electron chi connectivity index (χ2n) is 3.74. The summed E-state index contributed by atoms with van der Waals surface area (Å²) in [6.45, 7) is 0.686. The molecule has 0 saturated carbocycles. The number of carbonyl (C=O) groups is 1. The number of ether oxygens (including phenoxy) is 2. The molecule has 0 aliphatic rings. The number of methoxy groups -OCH3 is 2. The van der Waals surface area contributed by atoms with Crippen LogP contribution in [0.1, 0.15) is 28.8 Å². The lowest BCUT2D eigenvalue weighted by Crippen LogP contribution is -2.02. The molecule has 4 nitrogen and oxygen atoms in total. The van der Waals surface area contributed by atoms with E-state index in [0.717, 1.165) is 31.1 Å². The van der Waals surface area contributed by atoms with Crippen molar-refractivity contribution >= 4 is 6.29 Å². The van der Waals surface area contributed by atoms with Crippen LogP contribution in [0.25, 0.3) is 0 Å². The van der Waals surface area contributed by atoms with Gasteiger partial charge in [-0.1, -0.05) is 6.07 Å². The zero-order valence-corrected chi connectivity index (χ0v) is 10.4. The largest absolute Gasteiger partial charge is 0.493 e. The molecule has 0 spiro atoms. The van der Waals surface area contributed by atoms with Crippen molar-refractivity contribution in [3.8, 4) is 11.5 Å². The Morgan fingerprint density at radius 1 is 1.18 bits per heavy atom. The monoisotopic (exact) mass is 237 g/mol. The van der Waals surface area contributed by atoms with E-state index in [0.29, 0.717) is 23.6 Å².